The van der Waals surface area contributed by atoms with Crippen LogP contribution in [0.3, 0.4) is 0 Å². The van der Waals surface area contributed by atoms with E-state index in [0.717, 1.165) is 11.6 Å². The minimum Gasteiger partial charge on any atom is -0.505 e. The second kappa shape index (κ2) is 11.3. The van der Waals surface area contributed by atoms with Crippen LogP contribution in [-0.2, 0) is 0 Å². The van der Waals surface area contributed by atoms with E-state index in [2.05, 4.69) is 0 Å². The number of aryl methyl sites for hydroxylation is 1. The van der Waals surface area contributed by atoms with Crippen molar-refractivity contribution in [1.82, 2.24) is 0 Å². The average molecular weight is 422 g/mol. The first-order valence-corrected chi connectivity index (χ1v) is 9.59. The molecule has 1 aromatic rings. The molecule has 4 nitrogen and oxygen atoms in total. The summed E-state index contributed by atoms with van der Waals surface area (Å²) in [5.74, 6) is -0.688. The molecule has 0 aliphatic heterocycles. The maximum absolute atomic E-state index is 13.4. The van der Waals surface area contributed by atoms with Gasteiger partial charge in [0, 0.05) is 10.6 Å². The van der Waals surface area contributed by atoms with Crippen LogP contribution in [0.4, 0.5) is 14.5 Å². The summed E-state index contributed by atoms with van der Waals surface area (Å²) < 4.78 is 26.6. The summed E-state index contributed by atoms with van der Waals surface area (Å²) in [6.07, 6.45) is 6.03. The van der Waals surface area contributed by atoms with E-state index in [4.69, 9.17) is 28.2 Å². The van der Waals surface area contributed by atoms with Gasteiger partial charge in [-0.2, -0.15) is 0 Å². The maximum Gasteiger partial charge on any atom is 0.145 e. The molecule has 0 heterocycles. The lowest BCUT2D eigenvalue weighted by molar-refractivity contribution is 0.378. The number of anilines is 1. The van der Waals surface area contributed by atoms with Crippen LogP contribution in [0.15, 0.2) is 53.4 Å². The lowest BCUT2D eigenvalue weighted by Gasteiger charge is -2.11. The van der Waals surface area contributed by atoms with Crippen molar-refractivity contribution in [2.24, 2.45) is 0 Å². The van der Waals surface area contributed by atoms with Gasteiger partial charge in [0.05, 0.1) is 17.1 Å². The third kappa shape index (κ3) is 7.31. The van der Waals surface area contributed by atoms with E-state index in [1.807, 2.05) is 20.8 Å². The van der Waals surface area contributed by atoms with Crippen LogP contribution in [-0.4, -0.2) is 22.7 Å². The van der Waals surface area contributed by atoms with Crippen molar-refractivity contribution in [2.75, 3.05) is 5.73 Å². The van der Waals surface area contributed by atoms with E-state index in [9.17, 15) is 13.9 Å². The first-order valence-electron chi connectivity index (χ1n) is 9.21. The molecule has 0 saturated carbocycles. The molecule has 0 radical (unpaired) electrons. The van der Waals surface area contributed by atoms with Crippen molar-refractivity contribution in [3.05, 3.63) is 64.5 Å². The Balaban J connectivity index is 0.000000321. The van der Waals surface area contributed by atoms with Crippen molar-refractivity contribution in [2.45, 2.75) is 39.8 Å². The second-order valence-electron chi connectivity index (χ2n) is 6.22. The molecule has 1 aromatic carbocycles. The van der Waals surface area contributed by atoms with Gasteiger partial charge in [0.2, 0.25) is 0 Å². The zero-order chi connectivity index (χ0) is 22.1. The standard InChI is InChI=1S/C14H15F2NO.C6H5ClN2.C2H6/c1-8-4-12(14(18)13(17)5-8)9-2-3-10(15)7-11(16)6-9;7-4-1-2-5(8)6(9)3-4;1-2/h4-7,10,18H,2-3,17H2,1H3;1-3,8-9H;1-2H3. The smallest absolute Gasteiger partial charge is 0.145 e. The van der Waals surface area contributed by atoms with Crippen molar-refractivity contribution in [1.29, 1.82) is 10.8 Å². The van der Waals surface area contributed by atoms with Gasteiger partial charge in [-0.15, -0.1) is 0 Å². The molecule has 1 unspecified atom stereocenters. The largest absolute Gasteiger partial charge is 0.505 e. The highest BCUT2D eigenvalue weighted by Gasteiger charge is 2.17. The molecule has 0 fully saturated rings. The van der Waals surface area contributed by atoms with Crippen LogP contribution in [0.25, 0.3) is 5.57 Å². The predicted molar refractivity (Wildman–Crippen MR) is 118 cm³/mol. The molecule has 0 saturated heterocycles. The monoisotopic (exact) mass is 421 g/mol. The normalized spacial score (nSPS) is 18.3. The zero-order valence-electron chi connectivity index (χ0n) is 16.7. The van der Waals surface area contributed by atoms with Crippen LogP contribution < -0.4 is 5.73 Å². The fourth-order valence-electron chi connectivity index (χ4n) is 2.62. The van der Waals surface area contributed by atoms with E-state index < -0.39 is 12.0 Å². The third-order valence-electron chi connectivity index (χ3n) is 3.95. The number of nitrogen functional groups attached to an aromatic ring is 1. The van der Waals surface area contributed by atoms with E-state index in [-0.39, 0.29) is 29.3 Å². The van der Waals surface area contributed by atoms with Crippen LogP contribution in [0.5, 0.6) is 5.75 Å². The number of rotatable bonds is 1. The predicted octanol–water partition coefficient (Wildman–Crippen LogP) is 6.40. The first kappa shape index (κ1) is 24.3. The molecule has 2 aliphatic rings. The Morgan fingerprint density at radius 3 is 2.38 bits per heavy atom. The summed E-state index contributed by atoms with van der Waals surface area (Å²) in [7, 11) is 0. The molecule has 0 spiro atoms. The molecular weight excluding hydrogens is 396 g/mol. The van der Waals surface area contributed by atoms with Crippen molar-refractivity contribution in [3.63, 3.8) is 0 Å². The van der Waals surface area contributed by atoms with Crippen LogP contribution >= 0.6 is 11.6 Å². The van der Waals surface area contributed by atoms with E-state index in [0.29, 0.717) is 22.6 Å². The van der Waals surface area contributed by atoms with Crippen molar-refractivity contribution < 1.29 is 13.9 Å². The molecule has 2 aliphatic carbocycles. The Bertz CT molecular complexity index is 902. The highest BCUT2D eigenvalue weighted by atomic mass is 35.5. The lowest BCUT2D eigenvalue weighted by atomic mass is 9.97. The number of nitrogens with two attached hydrogens (primary N) is 1. The molecule has 0 aromatic heterocycles. The zero-order valence-corrected chi connectivity index (χ0v) is 17.4. The Morgan fingerprint density at radius 2 is 1.79 bits per heavy atom. The SMILES string of the molecule is CC.Cc1cc(N)c(O)c(C2=CC(F)=CC(F)CC2)c1.N=C1C=CC(Cl)=CC1=N. The van der Waals surface area contributed by atoms with Gasteiger partial charge in [-0.25, -0.2) is 8.78 Å². The molecule has 0 bridgehead atoms. The van der Waals surface area contributed by atoms with Gasteiger partial charge in [0.25, 0.3) is 0 Å². The topological polar surface area (TPSA) is 93.9 Å². The second-order valence-corrected chi connectivity index (χ2v) is 6.65. The summed E-state index contributed by atoms with van der Waals surface area (Å²) in [5, 5.41) is 24.6. The molecule has 0 amide bonds. The molecule has 29 heavy (non-hydrogen) atoms. The minimum atomic E-state index is -1.29. The van der Waals surface area contributed by atoms with Crippen LogP contribution in [0.2, 0.25) is 0 Å². The van der Waals surface area contributed by atoms with E-state index >= 15 is 0 Å². The number of hydrogen-bond donors (Lipinski definition) is 4. The van der Waals surface area contributed by atoms with Crippen molar-refractivity contribution >= 4 is 34.3 Å². The Kier molecular flexibility index (Phi) is 9.48. The number of alkyl halides is 1. The molecule has 7 heteroatoms. The van der Waals surface area contributed by atoms with Crippen LogP contribution in [0.1, 0.15) is 37.8 Å². The van der Waals surface area contributed by atoms with Gasteiger partial charge in [-0.05, 0) is 73.4 Å². The highest BCUT2D eigenvalue weighted by molar-refractivity contribution is 6.51. The minimum absolute atomic E-state index is 0.0723. The Hall–Kier alpha value is -2.73. The van der Waals surface area contributed by atoms with Crippen molar-refractivity contribution in [3.8, 4) is 5.75 Å². The lowest BCUT2D eigenvalue weighted by Crippen LogP contribution is -2.08. The number of allylic oxidation sites excluding steroid dienone is 8. The molecule has 156 valence electrons. The van der Waals surface area contributed by atoms with E-state index in [1.165, 1.54) is 18.2 Å². The summed E-state index contributed by atoms with van der Waals surface area (Å²) in [6.45, 7) is 5.83. The number of phenolic OH excluding ortho intramolecular Hbond substituents is 1. The Labute approximate surface area is 175 Å². The van der Waals surface area contributed by atoms with E-state index in [1.54, 1.807) is 18.2 Å². The number of halogens is 3. The quantitative estimate of drug-likeness (QED) is 0.240. The summed E-state index contributed by atoms with van der Waals surface area (Å²) in [6, 6.07) is 3.36. The number of aromatic hydroxyl groups is 1. The number of nitrogens with one attached hydrogen (secondary N) is 2. The Morgan fingerprint density at radius 1 is 1.14 bits per heavy atom. The highest BCUT2D eigenvalue weighted by Crippen LogP contribution is 2.36. The van der Waals surface area contributed by atoms with Gasteiger partial charge in [0.1, 0.15) is 17.7 Å². The fourth-order valence-corrected chi connectivity index (χ4v) is 2.79. The van der Waals surface area contributed by atoms with Gasteiger partial charge in [-0.3, -0.25) is 10.8 Å². The summed E-state index contributed by atoms with van der Waals surface area (Å²) in [5.41, 5.74) is 8.20. The summed E-state index contributed by atoms with van der Waals surface area (Å²) in [4.78, 5) is 0. The average Bonchev–Trinajstić information content (AvgIpc) is 2.84. The van der Waals surface area contributed by atoms with Crippen LogP contribution in [0, 0.1) is 17.7 Å². The van der Waals surface area contributed by atoms with Gasteiger partial charge >= 0.3 is 0 Å². The summed E-state index contributed by atoms with van der Waals surface area (Å²) >= 11 is 5.51. The number of phenols is 1. The first-order chi connectivity index (χ1) is 13.7. The third-order valence-corrected chi connectivity index (χ3v) is 4.19. The number of benzene rings is 1. The molecular formula is C22H26ClF2N3O. The van der Waals surface area contributed by atoms with Gasteiger partial charge in [0.15, 0.2) is 0 Å². The molecule has 1 atom stereocenters. The van der Waals surface area contributed by atoms with Gasteiger partial charge < -0.3 is 10.8 Å². The molecule has 3 rings (SSSR count). The number of hydrogen-bond acceptors (Lipinski definition) is 4. The van der Waals surface area contributed by atoms with Gasteiger partial charge in [-0.1, -0.05) is 25.4 Å². The molecule has 5 N–H and O–H groups in total. The fraction of sp³-hybridized carbons (Fsp3) is 0.273. The maximum atomic E-state index is 13.4.